The number of rotatable bonds is 10. The second kappa shape index (κ2) is 11.6. The Morgan fingerprint density at radius 3 is 2.51 bits per heavy atom. The lowest BCUT2D eigenvalue weighted by atomic mass is 10.2. The SMILES string of the molecule is CCOC(=O)c1ccc(Cl)cc1OCc1ccc(OCCc2nc(-c3ccccc3)oc2C)cc1. The van der Waals surface area contributed by atoms with Gasteiger partial charge in [-0.1, -0.05) is 41.9 Å². The van der Waals surface area contributed by atoms with E-state index in [0.717, 1.165) is 28.3 Å². The number of hydrogen-bond donors (Lipinski definition) is 0. The van der Waals surface area contributed by atoms with E-state index < -0.39 is 5.97 Å². The molecule has 0 aliphatic heterocycles. The standard InChI is InChI=1S/C28H26ClNO5/c1-3-32-28(31)24-14-11-22(29)17-26(24)34-18-20-9-12-23(13-10-20)33-16-15-25-19(2)35-27(30-25)21-7-5-4-6-8-21/h4-14,17H,3,15-16,18H2,1-2H3. The average Bonchev–Trinajstić information content (AvgIpc) is 3.24. The molecule has 0 atom stereocenters. The van der Waals surface area contributed by atoms with Crippen molar-refractivity contribution in [3.63, 3.8) is 0 Å². The van der Waals surface area contributed by atoms with Crippen LogP contribution in [0.2, 0.25) is 5.02 Å². The summed E-state index contributed by atoms with van der Waals surface area (Å²) < 4.78 is 22.6. The van der Waals surface area contributed by atoms with E-state index >= 15 is 0 Å². The Balaban J connectivity index is 1.31. The van der Waals surface area contributed by atoms with Crippen LogP contribution in [0.15, 0.2) is 77.2 Å². The molecule has 6 nitrogen and oxygen atoms in total. The molecule has 0 bridgehead atoms. The molecule has 3 aromatic carbocycles. The number of nitrogens with zero attached hydrogens (tertiary/aromatic N) is 1. The summed E-state index contributed by atoms with van der Waals surface area (Å²) in [6.07, 6.45) is 0.637. The quantitative estimate of drug-likeness (QED) is 0.230. The van der Waals surface area contributed by atoms with Gasteiger partial charge in [-0.2, -0.15) is 0 Å². The van der Waals surface area contributed by atoms with Crippen molar-refractivity contribution >= 4 is 17.6 Å². The second-order valence-corrected chi connectivity index (χ2v) is 8.22. The first-order valence-corrected chi connectivity index (χ1v) is 11.7. The monoisotopic (exact) mass is 491 g/mol. The third kappa shape index (κ3) is 6.43. The number of aryl methyl sites for hydroxylation is 1. The minimum absolute atomic E-state index is 0.271. The van der Waals surface area contributed by atoms with Gasteiger partial charge in [-0.05, 0) is 61.9 Å². The van der Waals surface area contributed by atoms with Crippen molar-refractivity contribution in [2.24, 2.45) is 0 Å². The van der Waals surface area contributed by atoms with Crippen LogP contribution in [-0.2, 0) is 17.8 Å². The summed E-state index contributed by atoms with van der Waals surface area (Å²) >= 11 is 6.08. The van der Waals surface area contributed by atoms with Gasteiger partial charge >= 0.3 is 5.97 Å². The van der Waals surface area contributed by atoms with Crippen molar-refractivity contribution in [3.05, 3.63) is 100 Å². The van der Waals surface area contributed by atoms with E-state index in [2.05, 4.69) is 4.98 Å². The molecule has 0 unspecified atom stereocenters. The predicted molar refractivity (Wildman–Crippen MR) is 134 cm³/mol. The molecule has 0 amide bonds. The molecule has 0 N–H and O–H groups in total. The number of aromatic nitrogens is 1. The lowest BCUT2D eigenvalue weighted by molar-refractivity contribution is 0.0521. The maximum absolute atomic E-state index is 12.2. The largest absolute Gasteiger partial charge is 0.493 e. The van der Waals surface area contributed by atoms with Gasteiger partial charge in [0.15, 0.2) is 0 Å². The fraction of sp³-hybridized carbons (Fsp3) is 0.214. The van der Waals surface area contributed by atoms with Crippen LogP contribution in [0, 0.1) is 6.92 Å². The van der Waals surface area contributed by atoms with E-state index in [4.69, 9.17) is 30.2 Å². The highest BCUT2D eigenvalue weighted by Gasteiger charge is 2.15. The molecule has 180 valence electrons. The minimum atomic E-state index is -0.443. The van der Waals surface area contributed by atoms with Crippen LogP contribution in [0.25, 0.3) is 11.5 Å². The molecular weight excluding hydrogens is 466 g/mol. The minimum Gasteiger partial charge on any atom is -0.493 e. The Kier molecular flexibility index (Phi) is 8.06. The zero-order valence-corrected chi connectivity index (χ0v) is 20.4. The van der Waals surface area contributed by atoms with Crippen molar-refractivity contribution in [2.75, 3.05) is 13.2 Å². The molecule has 0 fully saturated rings. The summed E-state index contributed by atoms with van der Waals surface area (Å²) in [6.45, 7) is 4.70. The lowest BCUT2D eigenvalue weighted by Gasteiger charge is -2.12. The first kappa shape index (κ1) is 24.4. The summed E-state index contributed by atoms with van der Waals surface area (Å²) in [5.41, 5.74) is 3.10. The van der Waals surface area contributed by atoms with Crippen molar-refractivity contribution in [1.82, 2.24) is 4.98 Å². The summed E-state index contributed by atoms with van der Waals surface area (Å²) in [5, 5.41) is 0.482. The highest BCUT2D eigenvalue weighted by molar-refractivity contribution is 6.30. The van der Waals surface area contributed by atoms with Gasteiger partial charge in [0, 0.05) is 17.0 Å². The molecule has 0 saturated carbocycles. The van der Waals surface area contributed by atoms with Crippen molar-refractivity contribution in [1.29, 1.82) is 0 Å². The van der Waals surface area contributed by atoms with Gasteiger partial charge in [-0.3, -0.25) is 0 Å². The Labute approximate surface area is 209 Å². The maximum atomic E-state index is 12.2. The van der Waals surface area contributed by atoms with Crippen molar-refractivity contribution in [3.8, 4) is 23.0 Å². The Morgan fingerprint density at radius 2 is 1.77 bits per heavy atom. The predicted octanol–water partition coefficient (Wildman–Crippen LogP) is 6.68. The molecule has 35 heavy (non-hydrogen) atoms. The molecule has 0 saturated heterocycles. The normalized spacial score (nSPS) is 10.7. The van der Waals surface area contributed by atoms with Gasteiger partial charge in [0.2, 0.25) is 5.89 Å². The third-order valence-electron chi connectivity index (χ3n) is 5.28. The second-order valence-electron chi connectivity index (χ2n) is 7.78. The van der Waals surface area contributed by atoms with E-state index in [0.29, 0.717) is 35.3 Å². The number of halogens is 1. The van der Waals surface area contributed by atoms with Gasteiger partial charge in [0.1, 0.15) is 29.4 Å². The first-order chi connectivity index (χ1) is 17.0. The van der Waals surface area contributed by atoms with Crippen molar-refractivity contribution < 1.29 is 23.4 Å². The maximum Gasteiger partial charge on any atom is 0.341 e. The zero-order chi connectivity index (χ0) is 24.6. The van der Waals surface area contributed by atoms with Gasteiger partial charge < -0.3 is 18.6 Å². The number of esters is 1. The summed E-state index contributed by atoms with van der Waals surface area (Å²) in [5.74, 6) is 2.10. The fourth-order valence-corrected chi connectivity index (χ4v) is 3.63. The zero-order valence-electron chi connectivity index (χ0n) is 19.6. The van der Waals surface area contributed by atoms with Gasteiger partial charge in [-0.25, -0.2) is 9.78 Å². The van der Waals surface area contributed by atoms with Gasteiger partial charge in [0.05, 0.1) is 18.9 Å². The van der Waals surface area contributed by atoms with E-state index in [1.807, 2.05) is 61.5 Å². The fourth-order valence-electron chi connectivity index (χ4n) is 3.47. The van der Waals surface area contributed by atoms with Crippen LogP contribution in [0.1, 0.15) is 34.3 Å². The van der Waals surface area contributed by atoms with Crippen LogP contribution in [0.4, 0.5) is 0 Å². The summed E-state index contributed by atoms with van der Waals surface area (Å²) in [4.78, 5) is 16.8. The highest BCUT2D eigenvalue weighted by Crippen LogP contribution is 2.26. The van der Waals surface area contributed by atoms with Crippen LogP contribution >= 0.6 is 11.6 Å². The summed E-state index contributed by atoms with van der Waals surface area (Å²) in [7, 11) is 0. The third-order valence-corrected chi connectivity index (χ3v) is 5.51. The Morgan fingerprint density at radius 1 is 1.00 bits per heavy atom. The van der Waals surface area contributed by atoms with Crippen LogP contribution in [-0.4, -0.2) is 24.2 Å². The van der Waals surface area contributed by atoms with E-state index in [1.54, 1.807) is 25.1 Å². The molecule has 7 heteroatoms. The Bertz CT molecular complexity index is 1270. The first-order valence-electron chi connectivity index (χ1n) is 11.4. The lowest BCUT2D eigenvalue weighted by Crippen LogP contribution is -2.08. The molecule has 0 aliphatic rings. The molecular formula is C28H26ClNO5. The number of carbonyl (C=O) groups excluding carboxylic acids is 1. The molecule has 0 aliphatic carbocycles. The number of benzene rings is 3. The number of carbonyl (C=O) groups is 1. The van der Waals surface area contributed by atoms with Crippen LogP contribution in [0.3, 0.4) is 0 Å². The highest BCUT2D eigenvalue weighted by atomic mass is 35.5. The van der Waals surface area contributed by atoms with Crippen LogP contribution < -0.4 is 9.47 Å². The van der Waals surface area contributed by atoms with Gasteiger partial charge in [0.25, 0.3) is 0 Å². The van der Waals surface area contributed by atoms with Gasteiger partial charge in [-0.15, -0.1) is 0 Å². The molecule has 4 rings (SSSR count). The number of hydrogen-bond acceptors (Lipinski definition) is 6. The number of ether oxygens (including phenoxy) is 3. The van der Waals surface area contributed by atoms with E-state index in [9.17, 15) is 4.79 Å². The Hall–Kier alpha value is -3.77. The van der Waals surface area contributed by atoms with E-state index in [1.165, 1.54) is 0 Å². The molecule has 4 aromatic rings. The smallest absolute Gasteiger partial charge is 0.341 e. The van der Waals surface area contributed by atoms with Crippen LogP contribution in [0.5, 0.6) is 11.5 Å². The van der Waals surface area contributed by atoms with E-state index in [-0.39, 0.29) is 13.2 Å². The van der Waals surface area contributed by atoms with Crippen molar-refractivity contribution in [2.45, 2.75) is 26.9 Å². The molecule has 0 radical (unpaired) electrons. The molecule has 1 aromatic heterocycles. The topological polar surface area (TPSA) is 70.8 Å². The summed E-state index contributed by atoms with van der Waals surface area (Å²) in [6, 6.07) is 22.3. The molecule has 1 heterocycles. The molecule has 0 spiro atoms. The average molecular weight is 492 g/mol. The number of oxazole rings is 1.